The van der Waals surface area contributed by atoms with E-state index in [9.17, 15) is 9.59 Å². The first-order valence-corrected chi connectivity index (χ1v) is 7.04. The van der Waals surface area contributed by atoms with E-state index in [2.05, 4.69) is 21.2 Å². The van der Waals surface area contributed by atoms with Crippen molar-refractivity contribution in [2.45, 2.75) is 32.6 Å². The Morgan fingerprint density at radius 2 is 1.95 bits per heavy atom. The quantitative estimate of drug-likeness (QED) is 0.764. The lowest BCUT2D eigenvalue weighted by Gasteiger charge is -2.09. The van der Waals surface area contributed by atoms with Crippen LogP contribution in [0, 0.1) is 6.92 Å². The molecule has 1 aromatic rings. The third-order valence-electron chi connectivity index (χ3n) is 2.57. The lowest BCUT2D eigenvalue weighted by atomic mass is 10.2. The van der Waals surface area contributed by atoms with E-state index in [-0.39, 0.29) is 12.3 Å². The van der Waals surface area contributed by atoms with Gasteiger partial charge in [0.15, 0.2) is 0 Å². The number of aliphatic carboxylic acids is 1. The van der Waals surface area contributed by atoms with Gasteiger partial charge in [-0.05, 0) is 53.4 Å². The molecule has 104 valence electrons. The Morgan fingerprint density at radius 1 is 1.32 bits per heavy atom. The van der Waals surface area contributed by atoms with Crippen molar-refractivity contribution in [1.29, 1.82) is 0 Å². The molecule has 19 heavy (non-hydrogen) atoms. The second-order valence-electron chi connectivity index (χ2n) is 4.23. The molecule has 0 aliphatic carbocycles. The Hall–Kier alpha value is -1.07. The molecule has 2 N–H and O–H groups in total. The van der Waals surface area contributed by atoms with Gasteiger partial charge in [-0.2, -0.15) is 0 Å². The lowest BCUT2D eigenvalue weighted by Crippen LogP contribution is -2.12. The third kappa shape index (κ3) is 5.61. The first-order chi connectivity index (χ1) is 8.90. The van der Waals surface area contributed by atoms with Gasteiger partial charge < -0.3 is 10.4 Å². The highest BCUT2D eigenvalue weighted by molar-refractivity contribution is 9.10. The van der Waals surface area contributed by atoms with Crippen molar-refractivity contribution in [2.24, 2.45) is 0 Å². The second-order valence-corrected chi connectivity index (χ2v) is 5.49. The standard InChI is InChI=1S/C13H15BrClNO3/c1-8-6-9(14)11(7-10(8)15)16-12(17)4-2-3-5-13(18)19/h6-7H,2-5H2,1H3,(H,16,17)(H,18,19). The van der Waals surface area contributed by atoms with Gasteiger partial charge in [0, 0.05) is 22.3 Å². The molecular formula is C13H15BrClNO3. The van der Waals surface area contributed by atoms with E-state index in [0.29, 0.717) is 30.0 Å². The number of carbonyl (C=O) groups is 2. The fourth-order valence-electron chi connectivity index (χ4n) is 1.52. The Labute approximate surface area is 125 Å². The van der Waals surface area contributed by atoms with Crippen LogP contribution in [0.1, 0.15) is 31.2 Å². The maximum atomic E-state index is 11.7. The van der Waals surface area contributed by atoms with Gasteiger partial charge in [0.25, 0.3) is 0 Å². The van der Waals surface area contributed by atoms with Crippen LogP contribution < -0.4 is 5.32 Å². The highest BCUT2D eigenvalue weighted by Crippen LogP contribution is 2.29. The number of halogens is 2. The van der Waals surface area contributed by atoms with Gasteiger partial charge in [-0.15, -0.1) is 0 Å². The van der Waals surface area contributed by atoms with Crippen LogP contribution in [0.4, 0.5) is 5.69 Å². The van der Waals surface area contributed by atoms with Crippen molar-refractivity contribution < 1.29 is 14.7 Å². The van der Waals surface area contributed by atoms with Crippen molar-refractivity contribution in [3.05, 3.63) is 27.2 Å². The molecule has 1 rings (SSSR count). The maximum absolute atomic E-state index is 11.7. The minimum atomic E-state index is -0.839. The smallest absolute Gasteiger partial charge is 0.303 e. The topological polar surface area (TPSA) is 66.4 Å². The molecule has 4 nitrogen and oxygen atoms in total. The number of carbonyl (C=O) groups excluding carboxylic acids is 1. The Bertz CT molecular complexity index is 491. The fraction of sp³-hybridized carbons (Fsp3) is 0.385. The molecule has 0 heterocycles. The number of anilines is 1. The number of benzene rings is 1. The molecule has 0 aliphatic rings. The number of aryl methyl sites for hydroxylation is 1. The molecule has 0 saturated heterocycles. The molecule has 0 fully saturated rings. The van der Waals surface area contributed by atoms with Gasteiger partial charge in [0.05, 0.1) is 5.69 Å². The third-order valence-corrected chi connectivity index (χ3v) is 3.63. The fourth-order valence-corrected chi connectivity index (χ4v) is 2.24. The lowest BCUT2D eigenvalue weighted by molar-refractivity contribution is -0.137. The number of rotatable bonds is 6. The highest BCUT2D eigenvalue weighted by Gasteiger charge is 2.08. The van der Waals surface area contributed by atoms with Crippen LogP contribution in [0.5, 0.6) is 0 Å². The van der Waals surface area contributed by atoms with Crippen LogP contribution >= 0.6 is 27.5 Å². The number of carboxylic acids is 1. The van der Waals surface area contributed by atoms with Crippen LogP contribution in [0.25, 0.3) is 0 Å². The molecule has 1 amide bonds. The van der Waals surface area contributed by atoms with Gasteiger partial charge in [-0.1, -0.05) is 11.6 Å². The van der Waals surface area contributed by atoms with E-state index < -0.39 is 5.97 Å². The number of hydrogen-bond acceptors (Lipinski definition) is 2. The van der Waals surface area contributed by atoms with E-state index in [1.807, 2.05) is 13.0 Å². The average Bonchev–Trinajstić information content (AvgIpc) is 2.31. The first-order valence-electron chi connectivity index (χ1n) is 5.87. The average molecular weight is 349 g/mol. The maximum Gasteiger partial charge on any atom is 0.303 e. The molecule has 0 bridgehead atoms. The van der Waals surface area contributed by atoms with E-state index in [4.69, 9.17) is 16.7 Å². The number of carboxylic acid groups (broad SMARTS) is 1. The number of hydrogen-bond donors (Lipinski definition) is 2. The monoisotopic (exact) mass is 347 g/mol. The van der Waals surface area contributed by atoms with Crippen LogP contribution in [-0.2, 0) is 9.59 Å². The van der Waals surface area contributed by atoms with E-state index >= 15 is 0 Å². The Kier molecular flexibility index (Phi) is 6.31. The molecule has 6 heteroatoms. The summed E-state index contributed by atoms with van der Waals surface area (Å²) < 4.78 is 0.772. The molecule has 0 aromatic heterocycles. The second kappa shape index (κ2) is 7.50. The molecule has 0 unspecified atom stereocenters. The van der Waals surface area contributed by atoms with Crippen LogP contribution in [0.3, 0.4) is 0 Å². The number of nitrogens with one attached hydrogen (secondary N) is 1. The van der Waals surface area contributed by atoms with Gasteiger partial charge in [-0.25, -0.2) is 0 Å². The molecule has 0 atom stereocenters. The molecule has 1 aromatic carbocycles. The minimum absolute atomic E-state index is 0.0906. The number of amides is 1. The molecule has 0 radical (unpaired) electrons. The minimum Gasteiger partial charge on any atom is -0.481 e. The van der Waals surface area contributed by atoms with Gasteiger partial charge in [-0.3, -0.25) is 9.59 Å². The Balaban J connectivity index is 2.48. The predicted molar refractivity (Wildman–Crippen MR) is 78.6 cm³/mol. The van der Waals surface area contributed by atoms with Gasteiger partial charge >= 0.3 is 5.97 Å². The van der Waals surface area contributed by atoms with E-state index in [1.165, 1.54) is 0 Å². The van der Waals surface area contributed by atoms with Crippen LogP contribution in [0.2, 0.25) is 5.02 Å². The zero-order chi connectivity index (χ0) is 14.4. The van der Waals surface area contributed by atoms with E-state index in [1.54, 1.807) is 6.07 Å². The van der Waals surface area contributed by atoms with Crippen molar-refractivity contribution in [2.75, 3.05) is 5.32 Å². The zero-order valence-electron chi connectivity index (χ0n) is 10.5. The summed E-state index contributed by atoms with van der Waals surface area (Å²) in [5.74, 6) is -0.987. The van der Waals surface area contributed by atoms with Gasteiger partial charge in [0.2, 0.25) is 5.91 Å². The van der Waals surface area contributed by atoms with E-state index in [0.717, 1.165) is 10.0 Å². The summed E-state index contributed by atoms with van der Waals surface area (Å²) in [5, 5.41) is 11.8. The predicted octanol–water partition coefficient (Wildman–Crippen LogP) is 3.99. The van der Waals surface area contributed by atoms with Crippen LogP contribution in [0.15, 0.2) is 16.6 Å². The summed E-state index contributed by atoms with van der Waals surface area (Å²) in [5.41, 5.74) is 1.55. The number of unbranched alkanes of at least 4 members (excludes halogenated alkanes) is 1. The van der Waals surface area contributed by atoms with Crippen molar-refractivity contribution in [3.63, 3.8) is 0 Å². The van der Waals surface area contributed by atoms with Crippen molar-refractivity contribution >= 4 is 45.1 Å². The SMILES string of the molecule is Cc1cc(Br)c(NC(=O)CCCCC(=O)O)cc1Cl. The largest absolute Gasteiger partial charge is 0.481 e. The van der Waals surface area contributed by atoms with Crippen molar-refractivity contribution in [1.82, 2.24) is 0 Å². The molecular weight excluding hydrogens is 334 g/mol. The first kappa shape index (κ1) is 16.0. The zero-order valence-corrected chi connectivity index (χ0v) is 12.8. The summed E-state index contributed by atoms with van der Waals surface area (Å²) in [6.45, 7) is 1.88. The molecule has 0 spiro atoms. The van der Waals surface area contributed by atoms with Gasteiger partial charge in [0.1, 0.15) is 0 Å². The summed E-state index contributed by atoms with van der Waals surface area (Å²) in [6, 6.07) is 3.53. The highest BCUT2D eigenvalue weighted by atomic mass is 79.9. The normalized spacial score (nSPS) is 10.3. The Morgan fingerprint density at radius 3 is 2.58 bits per heavy atom. The summed E-state index contributed by atoms with van der Waals surface area (Å²) >= 11 is 9.35. The summed E-state index contributed by atoms with van der Waals surface area (Å²) in [6.07, 6.45) is 1.44. The molecule has 0 saturated carbocycles. The summed E-state index contributed by atoms with van der Waals surface area (Å²) in [4.78, 5) is 22.0. The van der Waals surface area contributed by atoms with Crippen LogP contribution in [-0.4, -0.2) is 17.0 Å². The van der Waals surface area contributed by atoms with Crippen molar-refractivity contribution in [3.8, 4) is 0 Å². The molecule has 0 aliphatic heterocycles. The summed E-state index contributed by atoms with van der Waals surface area (Å²) in [7, 11) is 0.